The molecule has 0 fully saturated rings. The van der Waals surface area contributed by atoms with Gasteiger partial charge in [-0.05, 0) is 24.3 Å². The third-order valence-electron chi connectivity index (χ3n) is 3.07. The van der Waals surface area contributed by atoms with E-state index in [0.717, 1.165) is 11.8 Å². The molecule has 2 aromatic rings. The van der Waals surface area contributed by atoms with Gasteiger partial charge in [0.15, 0.2) is 0 Å². The summed E-state index contributed by atoms with van der Waals surface area (Å²) in [6.07, 6.45) is 0. The lowest BCUT2D eigenvalue weighted by Crippen LogP contribution is -2.04. The minimum Gasteiger partial charge on any atom is -0.496 e. The van der Waals surface area contributed by atoms with Crippen LogP contribution in [0.25, 0.3) is 0 Å². The lowest BCUT2D eigenvalue weighted by atomic mass is 10.2. The van der Waals surface area contributed by atoms with Crippen molar-refractivity contribution in [3.63, 3.8) is 0 Å². The topological polar surface area (TPSA) is 98.9 Å². The van der Waals surface area contributed by atoms with Crippen molar-refractivity contribution in [1.82, 2.24) is 0 Å². The Hall–Kier alpha value is -2.45. The average Bonchev–Trinajstić information content (AvgIpc) is 2.53. The van der Waals surface area contributed by atoms with Crippen LogP contribution in [0, 0.1) is 10.1 Å². The van der Waals surface area contributed by atoms with E-state index in [1.54, 1.807) is 0 Å². The first-order chi connectivity index (χ1) is 11.4. The predicted octanol–water partition coefficient (Wildman–Crippen LogP) is 4.11. The maximum Gasteiger partial charge on any atom is 0.340 e. The SMILES string of the molecule is COc1ccc(OC)c(C(=O)O)c1Sc1cc(Cl)ccc1[N+](=O)[O-]. The van der Waals surface area contributed by atoms with Crippen LogP contribution < -0.4 is 9.47 Å². The number of hydrogen-bond acceptors (Lipinski definition) is 6. The second-order valence-corrected chi connectivity index (χ2v) is 5.94. The number of benzene rings is 2. The van der Waals surface area contributed by atoms with E-state index in [1.165, 1.54) is 44.6 Å². The number of hydrogen-bond donors (Lipinski definition) is 1. The highest BCUT2D eigenvalue weighted by Gasteiger charge is 2.25. The monoisotopic (exact) mass is 369 g/mol. The first-order valence-corrected chi connectivity index (χ1v) is 7.68. The van der Waals surface area contributed by atoms with Gasteiger partial charge in [0.05, 0.1) is 28.9 Å². The number of rotatable bonds is 6. The van der Waals surface area contributed by atoms with Gasteiger partial charge in [0.2, 0.25) is 0 Å². The van der Waals surface area contributed by atoms with Crippen molar-refractivity contribution in [2.45, 2.75) is 9.79 Å². The molecule has 0 saturated heterocycles. The average molecular weight is 370 g/mol. The Labute approximate surface area is 146 Å². The summed E-state index contributed by atoms with van der Waals surface area (Å²) in [7, 11) is 2.72. The molecule has 126 valence electrons. The molecule has 0 aliphatic heterocycles. The first-order valence-electron chi connectivity index (χ1n) is 6.49. The molecular weight excluding hydrogens is 358 g/mol. The van der Waals surface area contributed by atoms with Crippen LogP contribution in [-0.2, 0) is 0 Å². The summed E-state index contributed by atoms with van der Waals surface area (Å²) in [4.78, 5) is 22.7. The Bertz CT molecular complexity index is 811. The fourth-order valence-electron chi connectivity index (χ4n) is 2.01. The van der Waals surface area contributed by atoms with E-state index < -0.39 is 10.9 Å². The molecular formula is C15H12ClNO6S. The van der Waals surface area contributed by atoms with Crippen molar-refractivity contribution in [3.8, 4) is 11.5 Å². The lowest BCUT2D eigenvalue weighted by molar-refractivity contribution is -0.387. The summed E-state index contributed by atoms with van der Waals surface area (Å²) in [5.41, 5.74) is -0.332. The highest BCUT2D eigenvalue weighted by molar-refractivity contribution is 7.99. The smallest absolute Gasteiger partial charge is 0.340 e. The Morgan fingerprint density at radius 2 is 1.83 bits per heavy atom. The van der Waals surface area contributed by atoms with Crippen LogP contribution in [0.15, 0.2) is 40.1 Å². The van der Waals surface area contributed by atoms with Gasteiger partial charge in [-0.15, -0.1) is 0 Å². The second kappa shape index (κ2) is 7.41. The van der Waals surface area contributed by atoms with E-state index in [9.17, 15) is 20.0 Å². The van der Waals surface area contributed by atoms with Crippen LogP contribution in [0.5, 0.6) is 11.5 Å². The zero-order valence-corrected chi connectivity index (χ0v) is 14.2. The summed E-state index contributed by atoms with van der Waals surface area (Å²) in [5, 5.41) is 21.0. The number of nitro benzene ring substituents is 1. The molecule has 0 bridgehead atoms. The van der Waals surface area contributed by atoms with E-state index >= 15 is 0 Å². The molecule has 9 heteroatoms. The summed E-state index contributed by atoms with van der Waals surface area (Å²) in [6.45, 7) is 0. The molecule has 0 aromatic heterocycles. The van der Waals surface area contributed by atoms with Crippen molar-refractivity contribution in [3.05, 3.63) is 51.0 Å². The Morgan fingerprint density at radius 3 is 2.38 bits per heavy atom. The summed E-state index contributed by atoms with van der Waals surface area (Å²) in [5.74, 6) is -0.860. The van der Waals surface area contributed by atoms with E-state index in [-0.39, 0.29) is 32.5 Å². The molecule has 0 saturated carbocycles. The number of methoxy groups -OCH3 is 2. The number of nitrogens with zero attached hydrogens (tertiary/aromatic N) is 1. The highest BCUT2D eigenvalue weighted by Crippen LogP contribution is 2.44. The number of carboxylic acids is 1. The molecule has 7 nitrogen and oxygen atoms in total. The molecule has 0 heterocycles. The minimum absolute atomic E-state index is 0.121. The number of halogens is 1. The highest BCUT2D eigenvalue weighted by atomic mass is 35.5. The molecule has 0 spiro atoms. The Kier molecular flexibility index (Phi) is 5.53. The molecule has 24 heavy (non-hydrogen) atoms. The van der Waals surface area contributed by atoms with Crippen LogP contribution in [0.1, 0.15) is 10.4 Å². The van der Waals surface area contributed by atoms with Crippen molar-refractivity contribution < 1.29 is 24.3 Å². The predicted molar refractivity (Wildman–Crippen MR) is 88.7 cm³/mol. The molecule has 0 amide bonds. The molecule has 1 N–H and O–H groups in total. The number of carboxylic acid groups (broad SMARTS) is 1. The molecule has 0 unspecified atom stereocenters. The van der Waals surface area contributed by atoms with Gasteiger partial charge in [0.25, 0.3) is 5.69 Å². The van der Waals surface area contributed by atoms with Gasteiger partial charge >= 0.3 is 5.97 Å². The zero-order valence-electron chi connectivity index (χ0n) is 12.6. The normalized spacial score (nSPS) is 10.3. The van der Waals surface area contributed by atoms with Crippen LogP contribution >= 0.6 is 23.4 Å². The van der Waals surface area contributed by atoms with Crippen LogP contribution in [0.3, 0.4) is 0 Å². The van der Waals surface area contributed by atoms with E-state index in [2.05, 4.69) is 0 Å². The van der Waals surface area contributed by atoms with Crippen molar-refractivity contribution in [1.29, 1.82) is 0 Å². The van der Waals surface area contributed by atoms with Gasteiger partial charge in [-0.2, -0.15) is 0 Å². The zero-order chi connectivity index (χ0) is 17.9. The largest absolute Gasteiger partial charge is 0.496 e. The third kappa shape index (κ3) is 3.55. The van der Waals surface area contributed by atoms with Crippen LogP contribution in [0.4, 0.5) is 5.69 Å². The molecule has 0 atom stereocenters. The van der Waals surface area contributed by atoms with Crippen molar-refractivity contribution >= 4 is 35.0 Å². The maximum atomic E-state index is 11.6. The van der Waals surface area contributed by atoms with Crippen LogP contribution in [-0.4, -0.2) is 30.2 Å². The fourth-order valence-corrected chi connectivity index (χ4v) is 3.44. The van der Waals surface area contributed by atoms with Gasteiger partial charge in [0.1, 0.15) is 17.1 Å². The quantitative estimate of drug-likeness (QED) is 0.604. The van der Waals surface area contributed by atoms with E-state index in [4.69, 9.17) is 21.1 Å². The molecule has 0 aliphatic rings. The lowest BCUT2D eigenvalue weighted by Gasteiger charge is -2.14. The second-order valence-electron chi connectivity index (χ2n) is 4.45. The number of nitro groups is 1. The van der Waals surface area contributed by atoms with Gasteiger partial charge < -0.3 is 14.6 Å². The molecule has 2 aromatic carbocycles. The molecule has 2 rings (SSSR count). The number of aromatic carboxylic acids is 1. The number of ether oxygens (including phenoxy) is 2. The van der Waals surface area contributed by atoms with Crippen molar-refractivity contribution in [2.75, 3.05) is 14.2 Å². The first kappa shape index (κ1) is 17.9. The van der Waals surface area contributed by atoms with E-state index in [0.29, 0.717) is 5.02 Å². The molecule has 0 radical (unpaired) electrons. The van der Waals surface area contributed by atoms with Gasteiger partial charge in [-0.3, -0.25) is 10.1 Å². The maximum absolute atomic E-state index is 11.6. The van der Waals surface area contributed by atoms with Gasteiger partial charge in [0, 0.05) is 11.1 Å². The van der Waals surface area contributed by atoms with Crippen molar-refractivity contribution in [2.24, 2.45) is 0 Å². The van der Waals surface area contributed by atoms with E-state index in [1.807, 2.05) is 0 Å². The summed E-state index contributed by atoms with van der Waals surface area (Å²) < 4.78 is 10.3. The van der Waals surface area contributed by atoms with Crippen LogP contribution in [0.2, 0.25) is 5.02 Å². The Morgan fingerprint density at radius 1 is 1.21 bits per heavy atom. The molecule has 0 aliphatic carbocycles. The number of carbonyl (C=O) groups is 1. The third-order valence-corrected chi connectivity index (χ3v) is 4.46. The summed E-state index contributed by atoms with van der Waals surface area (Å²) in [6, 6.07) is 7.04. The summed E-state index contributed by atoms with van der Waals surface area (Å²) >= 11 is 6.79. The minimum atomic E-state index is -1.24. The van der Waals surface area contributed by atoms with Gasteiger partial charge in [-0.25, -0.2) is 4.79 Å². The standard InChI is InChI=1S/C15H12ClNO6S/c1-22-10-5-6-11(23-2)14(13(10)15(18)19)24-12-7-8(16)3-4-9(12)17(20)21/h3-7H,1-2H3,(H,18,19). The Balaban J connectivity index is 2.67. The fraction of sp³-hybridized carbons (Fsp3) is 0.133. The van der Waals surface area contributed by atoms with Gasteiger partial charge in [-0.1, -0.05) is 23.4 Å².